The molecule has 3 rings (SSSR count). The molecule has 0 saturated carbocycles. The number of furan rings is 1. The lowest BCUT2D eigenvalue weighted by atomic mass is 9.83. The van der Waals surface area contributed by atoms with E-state index in [0.717, 1.165) is 24.9 Å². The van der Waals surface area contributed by atoms with Gasteiger partial charge >= 0.3 is 6.09 Å². The van der Waals surface area contributed by atoms with Crippen molar-refractivity contribution in [3.8, 4) is 11.3 Å². The number of aromatic nitrogens is 2. The van der Waals surface area contributed by atoms with Crippen molar-refractivity contribution in [3.63, 3.8) is 0 Å². The Hall–Kier alpha value is -3.21. The first kappa shape index (κ1) is 22.5. The standard InChI is InChI=1S/C20H21F2N3O5S/c1-20(2,3)15(24-19(26)27)9-12-10-25(31(28,29)13-6-8-30-11-13)17(16(12)21)14-5-4-7-23-18(14)22/h4-8,10-11,15,24H,9H2,1-3H3,(H,26,27). The summed E-state index contributed by atoms with van der Waals surface area (Å²) < 4.78 is 61.6. The van der Waals surface area contributed by atoms with Crippen molar-refractivity contribution < 1.29 is 31.5 Å². The number of nitrogens with one attached hydrogen (secondary N) is 1. The summed E-state index contributed by atoms with van der Waals surface area (Å²) in [6, 6.07) is 2.99. The van der Waals surface area contributed by atoms with E-state index in [2.05, 4.69) is 10.3 Å². The molecule has 8 nitrogen and oxygen atoms in total. The second-order valence-corrected chi connectivity index (χ2v) is 9.81. The van der Waals surface area contributed by atoms with Crippen LogP contribution in [0.3, 0.4) is 0 Å². The van der Waals surface area contributed by atoms with Gasteiger partial charge in [-0.15, -0.1) is 0 Å². The summed E-state index contributed by atoms with van der Waals surface area (Å²) in [6.07, 6.45) is 2.84. The zero-order chi connectivity index (χ0) is 23.0. The first-order valence-corrected chi connectivity index (χ1v) is 10.6. The molecule has 0 spiro atoms. The second kappa shape index (κ2) is 8.14. The van der Waals surface area contributed by atoms with Crippen LogP contribution in [0, 0.1) is 17.2 Å². The third kappa shape index (κ3) is 4.46. The predicted octanol–water partition coefficient (Wildman–Crippen LogP) is 3.88. The molecule has 1 unspecified atom stereocenters. The fourth-order valence-corrected chi connectivity index (χ4v) is 4.41. The first-order chi connectivity index (χ1) is 14.4. The van der Waals surface area contributed by atoms with Crippen molar-refractivity contribution in [2.75, 3.05) is 0 Å². The molecule has 0 bridgehead atoms. The van der Waals surface area contributed by atoms with Crippen molar-refractivity contribution >= 4 is 16.1 Å². The molecule has 0 aliphatic carbocycles. The third-order valence-electron chi connectivity index (χ3n) is 4.82. The van der Waals surface area contributed by atoms with Gasteiger partial charge in [0.1, 0.15) is 16.9 Å². The smallest absolute Gasteiger partial charge is 0.404 e. The van der Waals surface area contributed by atoms with Gasteiger partial charge in [-0.3, -0.25) is 0 Å². The zero-order valence-electron chi connectivity index (χ0n) is 17.0. The van der Waals surface area contributed by atoms with Crippen LogP contribution in [0.4, 0.5) is 13.6 Å². The van der Waals surface area contributed by atoms with Gasteiger partial charge in [0.05, 0.1) is 11.8 Å². The maximum atomic E-state index is 15.5. The van der Waals surface area contributed by atoms with Crippen molar-refractivity contribution in [1.82, 2.24) is 14.3 Å². The first-order valence-electron chi connectivity index (χ1n) is 9.20. The van der Waals surface area contributed by atoms with Crippen LogP contribution in [0.25, 0.3) is 11.3 Å². The molecule has 11 heteroatoms. The van der Waals surface area contributed by atoms with Gasteiger partial charge in [0.15, 0.2) is 5.82 Å². The van der Waals surface area contributed by atoms with Crippen LogP contribution in [0.15, 0.2) is 52.4 Å². The minimum Gasteiger partial charge on any atom is -0.471 e. The minimum absolute atomic E-state index is 0.0982. The highest BCUT2D eigenvalue weighted by atomic mass is 32.2. The summed E-state index contributed by atoms with van der Waals surface area (Å²) in [4.78, 5) is 14.4. The van der Waals surface area contributed by atoms with E-state index in [1.54, 1.807) is 20.8 Å². The Balaban J connectivity index is 2.22. The van der Waals surface area contributed by atoms with Gasteiger partial charge in [0, 0.05) is 24.0 Å². The van der Waals surface area contributed by atoms with E-state index >= 15 is 4.39 Å². The Labute approximate surface area is 177 Å². The SMILES string of the molecule is CC(C)(C)C(Cc1cn(S(=O)(=O)c2ccoc2)c(-c2cccnc2F)c1F)NC(=O)O. The fourth-order valence-electron chi connectivity index (χ4n) is 3.10. The molecule has 166 valence electrons. The van der Waals surface area contributed by atoms with Crippen molar-refractivity contribution in [2.24, 2.45) is 5.41 Å². The topological polar surface area (TPSA) is 114 Å². The summed E-state index contributed by atoms with van der Waals surface area (Å²) >= 11 is 0. The number of amides is 1. The van der Waals surface area contributed by atoms with E-state index in [9.17, 15) is 17.6 Å². The van der Waals surface area contributed by atoms with Gasteiger partial charge in [-0.1, -0.05) is 20.8 Å². The molecule has 3 heterocycles. The molecule has 0 saturated heterocycles. The van der Waals surface area contributed by atoms with E-state index in [1.165, 1.54) is 18.2 Å². The van der Waals surface area contributed by atoms with E-state index in [-0.39, 0.29) is 22.4 Å². The molecule has 1 atom stereocenters. The van der Waals surface area contributed by atoms with Gasteiger partial charge in [-0.25, -0.2) is 26.6 Å². The Kier molecular flexibility index (Phi) is 5.90. The molecule has 0 radical (unpaired) electrons. The van der Waals surface area contributed by atoms with Gasteiger partial charge in [0.2, 0.25) is 5.95 Å². The monoisotopic (exact) mass is 453 g/mol. The number of halogens is 2. The highest BCUT2D eigenvalue weighted by Crippen LogP contribution is 2.34. The summed E-state index contributed by atoms with van der Waals surface area (Å²) in [5.41, 5.74) is -1.60. The zero-order valence-corrected chi connectivity index (χ0v) is 17.8. The van der Waals surface area contributed by atoms with E-state index in [4.69, 9.17) is 9.52 Å². The van der Waals surface area contributed by atoms with Crippen LogP contribution >= 0.6 is 0 Å². The van der Waals surface area contributed by atoms with Crippen molar-refractivity contribution in [3.05, 3.63) is 60.4 Å². The molecular weight excluding hydrogens is 432 g/mol. The van der Waals surface area contributed by atoms with Crippen LogP contribution < -0.4 is 5.32 Å². The normalized spacial score (nSPS) is 13.2. The third-order valence-corrected chi connectivity index (χ3v) is 6.45. The Morgan fingerprint density at radius 1 is 1.32 bits per heavy atom. The molecule has 3 aromatic heterocycles. The quantitative estimate of drug-likeness (QED) is 0.548. The summed E-state index contributed by atoms with van der Waals surface area (Å²) in [5, 5.41) is 11.5. The number of nitrogens with zero attached hydrogens (tertiary/aromatic N) is 2. The highest BCUT2D eigenvalue weighted by molar-refractivity contribution is 7.90. The largest absolute Gasteiger partial charge is 0.471 e. The second-order valence-electron chi connectivity index (χ2n) is 7.99. The fraction of sp³-hybridized carbons (Fsp3) is 0.300. The lowest BCUT2D eigenvalue weighted by Crippen LogP contribution is -2.44. The molecule has 0 aliphatic heterocycles. The molecule has 0 aliphatic rings. The number of pyridine rings is 1. The van der Waals surface area contributed by atoms with E-state index < -0.39 is 45.0 Å². The maximum Gasteiger partial charge on any atom is 0.404 e. The van der Waals surface area contributed by atoms with E-state index in [1.807, 2.05) is 0 Å². The summed E-state index contributed by atoms with van der Waals surface area (Å²) in [7, 11) is -4.34. The van der Waals surface area contributed by atoms with Gasteiger partial charge in [-0.05, 0) is 30.0 Å². The van der Waals surface area contributed by atoms with Crippen LogP contribution in [-0.4, -0.2) is 34.6 Å². The Morgan fingerprint density at radius 2 is 2.03 bits per heavy atom. The van der Waals surface area contributed by atoms with Crippen LogP contribution in [-0.2, 0) is 16.4 Å². The van der Waals surface area contributed by atoms with Crippen molar-refractivity contribution in [2.45, 2.75) is 38.1 Å². The number of rotatable bonds is 6. The van der Waals surface area contributed by atoms with Crippen LogP contribution in [0.5, 0.6) is 0 Å². The minimum atomic E-state index is -4.34. The number of hydrogen-bond acceptors (Lipinski definition) is 5. The average molecular weight is 453 g/mol. The molecule has 1 amide bonds. The molecule has 3 aromatic rings. The Bertz CT molecular complexity index is 1200. The lowest BCUT2D eigenvalue weighted by Gasteiger charge is -2.30. The molecule has 31 heavy (non-hydrogen) atoms. The number of carboxylic acid groups (broad SMARTS) is 1. The predicted molar refractivity (Wildman–Crippen MR) is 107 cm³/mol. The van der Waals surface area contributed by atoms with Crippen molar-refractivity contribution in [1.29, 1.82) is 0 Å². The molecule has 2 N–H and O–H groups in total. The molecular formula is C20H21F2N3O5S. The molecule has 0 fully saturated rings. The Morgan fingerprint density at radius 3 is 2.58 bits per heavy atom. The lowest BCUT2D eigenvalue weighted by molar-refractivity contribution is 0.174. The average Bonchev–Trinajstić information content (AvgIpc) is 3.31. The maximum absolute atomic E-state index is 15.5. The van der Waals surface area contributed by atoms with Crippen LogP contribution in [0.2, 0.25) is 0 Å². The van der Waals surface area contributed by atoms with Gasteiger partial charge in [0.25, 0.3) is 10.0 Å². The number of carbonyl (C=O) groups is 1. The van der Waals surface area contributed by atoms with Gasteiger partial charge in [-0.2, -0.15) is 4.39 Å². The van der Waals surface area contributed by atoms with Gasteiger partial charge < -0.3 is 14.8 Å². The highest BCUT2D eigenvalue weighted by Gasteiger charge is 2.33. The van der Waals surface area contributed by atoms with Crippen LogP contribution in [0.1, 0.15) is 26.3 Å². The van der Waals surface area contributed by atoms with E-state index in [0.29, 0.717) is 3.97 Å². The summed E-state index contributed by atoms with van der Waals surface area (Å²) in [5.74, 6) is -2.04. The summed E-state index contributed by atoms with van der Waals surface area (Å²) in [6.45, 7) is 5.27. The number of hydrogen-bond donors (Lipinski definition) is 2. The molecule has 0 aromatic carbocycles.